The van der Waals surface area contributed by atoms with Crippen LogP contribution in [0.2, 0.25) is 0 Å². The predicted octanol–water partition coefficient (Wildman–Crippen LogP) is 5.29. The smallest absolute Gasteiger partial charge is 0.304 e. The summed E-state index contributed by atoms with van der Waals surface area (Å²) < 4.78 is 0. The van der Waals surface area contributed by atoms with E-state index >= 15 is 0 Å². The van der Waals surface area contributed by atoms with Crippen LogP contribution in [-0.4, -0.2) is 22.2 Å². The maximum absolute atomic E-state index is 13.2. The van der Waals surface area contributed by atoms with Crippen LogP contribution >= 0.6 is 11.6 Å². The highest BCUT2D eigenvalue weighted by molar-refractivity contribution is 6.22. The minimum absolute atomic E-state index is 0.0446. The lowest BCUT2D eigenvalue weighted by Gasteiger charge is -2.20. The van der Waals surface area contributed by atoms with Crippen molar-refractivity contribution >= 4 is 23.4 Å². The van der Waals surface area contributed by atoms with Gasteiger partial charge in [0.25, 0.3) is 0 Å². The average Bonchev–Trinajstić information content (AvgIpc) is 2.82. The monoisotopic (exact) mass is 372 g/mol. The summed E-state index contributed by atoms with van der Waals surface area (Å²) in [5, 5.41) is 9.22. The standard InChI is InChI=1S/C22H25ClO3/c1-14-2-3-15-4-5-17(6-7-18(15)12-14)22(26)20(13-21(24)25)16-8-10-19(23)11-9-16/h5,8-10,12,19-20H,2-4,6-7,11,13H2,1H3,(H,24,25). The lowest BCUT2D eigenvalue weighted by atomic mass is 9.83. The molecule has 2 unspecified atom stereocenters. The zero-order valence-electron chi connectivity index (χ0n) is 15.1. The van der Waals surface area contributed by atoms with E-state index < -0.39 is 11.9 Å². The maximum atomic E-state index is 13.2. The molecule has 3 nitrogen and oxygen atoms in total. The van der Waals surface area contributed by atoms with Gasteiger partial charge in [-0.05, 0) is 62.2 Å². The van der Waals surface area contributed by atoms with Gasteiger partial charge in [-0.15, -0.1) is 11.6 Å². The van der Waals surface area contributed by atoms with Crippen molar-refractivity contribution in [3.63, 3.8) is 0 Å². The molecular weight excluding hydrogens is 348 g/mol. The van der Waals surface area contributed by atoms with Crippen molar-refractivity contribution in [3.05, 3.63) is 58.2 Å². The number of rotatable bonds is 5. The number of carbonyl (C=O) groups excluding carboxylic acids is 1. The first-order chi connectivity index (χ1) is 12.4. The molecule has 0 bridgehead atoms. The summed E-state index contributed by atoms with van der Waals surface area (Å²) in [6.45, 7) is 2.16. The molecule has 3 aliphatic carbocycles. The summed E-state index contributed by atoms with van der Waals surface area (Å²) in [5.74, 6) is -1.61. The Kier molecular flexibility index (Phi) is 5.98. The first-order valence-corrected chi connectivity index (χ1v) is 9.73. The molecule has 4 heteroatoms. The number of carboxylic acids is 1. The number of alkyl halides is 1. The highest BCUT2D eigenvalue weighted by Crippen LogP contribution is 2.35. The highest BCUT2D eigenvalue weighted by atomic mass is 35.5. The largest absolute Gasteiger partial charge is 0.481 e. The quantitative estimate of drug-likeness (QED) is 0.667. The van der Waals surface area contributed by atoms with Crippen LogP contribution in [0.4, 0.5) is 0 Å². The molecule has 138 valence electrons. The molecule has 0 radical (unpaired) electrons. The molecule has 0 saturated carbocycles. The van der Waals surface area contributed by atoms with Crippen LogP contribution in [0.5, 0.6) is 0 Å². The maximum Gasteiger partial charge on any atom is 0.304 e. The van der Waals surface area contributed by atoms with Gasteiger partial charge in [-0.2, -0.15) is 0 Å². The summed E-state index contributed by atoms with van der Waals surface area (Å²) in [5.41, 5.74) is 5.75. The van der Waals surface area contributed by atoms with Gasteiger partial charge in [0.1, 0.15) is 0 Å². The van der Waals surface area contributed by atoms with E-state index in [9.17, 15) is 14.7 Å². The Morgan fingerprint density at radius 2 is 2.04 bits per heavy atom. The van der Waals surface area contributed by atoms with Crippen LogP contribution < -0.4 is 0 Å². The van der Waals surface area contributed by atoms with E-state index in [0.29, 0.717) is 12.8 Å². The van der Waals surface area contributed by atoms with Crippen LogP contribution in [0, 0.1) is 5.92 Å². The Balaban J connectivity index is 1.78. The molecule has 0 aromatic heterocycles. The molecule has 0 amide bonds. The minimum Gasteiger partial charge on any atom is -0.481 e. The summed E-state index contributed by atoms with van der Waals surface area (Å²) in [7, 11) is 0. The molecule has 1 N–H and O–H groups in total. The van der Waals surface area contributed by atoms with Gasteiger partial charge >= 0.3 is 5.97 Å². The van der Waals surface area contributed by atoms with Crippen molar-refractivity contribution in [1.29, 1.82) is 0 Å². The van der Waals surface area contributed by atoms with Crippen molar-refractivity contribution < 1.29 is 14.7 Å². The zero-order valence-corrected chi connectivity index (χ0v) is 15.9. The van der Waals surface area contributed by atoms with Gasteiger partial charge < -0.3 is 5.11 Å². The van der Waals surface area contributed by atoms with E-state index in [4.69, 9.17) is 11.6 Å². The number of Topliss-reactive ketones (excluding diaryl/α,β-unsaturated/α-hetero) is 1. The number of carboxylic acid groups (broad SMARTS) is 1. The fourth-order valence-electron chi connectivity index (χ4n) is 3.93. The van der Waals surface area contributed by atoms with Crippen molar-refractivity contribution in [3.8, 4) is 0 Å². The number of halogens is 1. The molecular formula is C22H25ClO3. The molecule has 2 atom stereocenters. The lowest BCUT2D eigenvalue weighted by Crippen LogP contribution is -2.23. The van der Waals surface area contributed by atoms with E-state index in [-0.39, 0.29) is 17.6 Å². The van der Waals surface area contributed by atoms with Crippen LogP contribution in [0.15, 0.2) is 58.2 Å². The SMILES string of the molecule is CC1=CC2=C(CC=C(C(=O)C(CC(=O)O)C3=CCC(Cl)C=C3)CC2)CC1. The Labute approximate surface area is 159 Å². The third kappa shape index (κ3) is 4.45. The molecule has 0 heterocycles. The van der Waals surface area contributed by atoms with Gasteiger partial charge in [0.15, 0.2) is 5.78 Å². The first kappa shape index (κ1) is 18.9. The van der Waals surface area contributed by atoms with E-state index in [1.165, 1.54) is 16.7 Å². The first-order valence-electron chi connectivity index (χ1n) is 9.29. The van der Waals surface area contributed by atoms with Gasteiger partial charge in [-0.25, -0.2) is 0 Å². The van der Waals surface area contributed by atoms with Crippen LogP contribution in [-0.2, 0) is 9.59 Å². The van der Waals surface area contributed by atoms with Crippen molar-refractivity contribution in [2.75, 3.05) is 0 Å². The van der Waals surface area contributed by atoms with Gasteiger partial charge in [0.2, 0.25) is 0 Å². The normalized spacial score (nSPS) is 24.1. The summed E-state index contributed by atoms with van der Waals surface area (Å²) in [4.78, 5) is 24.5. The van der Waals surface area contributed by atoms with E-state index in [1.807, 2.05) is 24.3 Å². The van der Waals surface area contributed by atoms with E-state index in [1.54, 1.807) is 0 Å². The van der Waals surface area contributed by atoms with Crippen LogP contribution in [0.3, 0.4) is 0 Å². The van der Waals surface area contributed by atoms with Gasteiger partial charge in [0.05, 0.1) is 17.7 Å². The topological polar surface area (TPSA) is 54.4 Å². The van der Waals surface area contributed by atoms with Gasteiger partial charge in [-0.3, -0.25) is 9.59 Å². The molecule has 3 rings (SSSR count). The van der Waals surface area contributed by atoms with Crippen molar-refractivity contribution in [2.24, 2.45) is 5.92 Å². The van der Waals surface area contributed by atoms with Gasteiger partial charge in [-0.1, -0.05) is 41.5 Å². The predicted molar refractivity (Wildman–Crippen MR) is 104 cm³/mol. The highest BCUT2D eigenvalue weighted by Gasteiger charge is 2.29. The number of allylic oxidation sites excluding steroid dienone is 10. The third-order valence-corrected chi connectivity index (χ3v) is 5.77. The number of carbonyl (C=O) groups is 2. The molecule has 0 fully saturated rings. The second-order valence-corrected chi connectivity index (χ2v) is 7.94. The minimum atomic E-state index is -0.948. The fourth-order valence-corrected chi connectivity index (χ4v) is 4.10. The Morgan fingerprint density at radius 3 is 2.73 bits per heavy atom. The third-order valence-electron chi connectivity index (χ3n) is 5.44. The van der Waals surface area contributed by atoms with Crippen molar-refractivity contribution in [2.45, 2.75) is 57.2 Å². The lowest BCUT2D eigenvalue weighted by molar-refractivity contribution is -0.139. The van der Waals surface area contributed by atoms with E-state index in [0.717, 1.165) is 36.8 Å². The summed E-state index contributed by atoms with van der Waals surface area (Å²) >= 11 is 6.07. The van der Waals surface area contributed by atoms with Crippen LogP contribution in [0.25, 0.3) is 0 Å². The molecule has 0 spiro atoms. The second kappa shape index (κ2) is 8.22. The Morgan fingerprint density at radius 1 is 1.23 bits per heavy atom. The van der Waals surface area contributed by atoms with Gasteiger partial charge in [0, 0.05) is 0 Å². The Hall–Kier alpha value is -1.87. The second-order valence-electron chi connectivity index (χ2n) is 7.38. The molecule has 26 heavy (non-hydrogen) atoms. The molecule has 0 saturated heterocycles. The molecule has 0 aromatic carbocycles. The summed E-state index contributed by atoms with van der Waals surface area (Å²) in [6.07, 6.45) is 14.8. The molecule has 3 aliphatic rings. The fraction of sp³-hybridized carbons (Fsp3) is 0.455. The van der Waals surface area contributed by atoms with Crippen molar-refractivity contribution in [1.82, 2.24) is 0 Å². The number of aliphatic carboxylic acids is 1. The zero-order chi connectivity index (χ0) is 18.7. The van der Waals surface area contributed by atoms with Crippen LogP contribution in [0.1, 0.15) is 51.9 Å². The molecule has 0 aromatic rings. The number of ketones is 1. The Bertz CT molecular complexity index is 764. The average molecular weight is 373 g/mol. The summed E-state index contributed by atoms with van der Waals surface area (Å²) in [6, 6.07) is 0. The number of hydrogen-bond acceptors (Lipinski definition) is 2. The van der Waals surface area contributed by atoms with E-state index in [2.05, 4.69) is 13.0 Å². The number of hydrogen-bond donors (Lipinski definition) is 1. The molecule has 0 aliphatic heterocycles.